The number of nitrogens with two attached hydrogens (primary N) is 1. The number of piperidine rings is 2. The van der Waals surface area contributed by atoms with Crippen LogP contribution < -0.4 is 114 Å². The molecule has 3 rings (SSSR count). The van der Waals surface area contributed by atoms with Crippen molar-refractivity contribution in [2.45, 2.75) is 215 Å². The molecular weight excluding hydrogens is 1150 g/mol. The standard InChI is InChI=1S/C24H44N2O6.C16H28N2O6.C7H15N.C6H11BrO2.CH2O3.2K.H/c1-22(2,3)30-19(27)15-25(16-20(28)31-23(4,5)6)14-18-12-10-11-13-26(18)17-21(29)32-24(7,8)9;1-16(2,3)24-15(23)11-18-7-5-4-6-12(18)8-17(9-13(19)20)10-14(21)22;8-6-7-4-2-1-3-5-7;1-6(2,3)9-5(8)4-7;2-1-4-3;;;/h18H,10-17H2,1-9H3;12H,4-11H2,1-3H3,(H,19,20)(H,21,22);7H,1-6,8H2;4H2,1-3H3;1,3H;;;/q;;;;;2*+1;-1/p-1. The molecule has 0 aromatic heterocycles. The number of nitrogens with zero attached hydrogens (tertiary/aromatic N) is 4. The summed E-state index contributed by atoms with van der Waals surface area (Å²) in [5.41, 5.74) is 2.83. The van der Waals surface area contributed by atoms with Crippen LogP contribution in [0.15, 0.2) is 0 Å². The Hall–Kier alpha value is -0.727. The Morgan fingerprint density at radius 3 is 1.08 bits per heavy atom. The molecule has 0 aromatic rings. The summed E-state index contributed by atoms with van der Waals surface area (Å²) in [6.45, 7) is 30.0. The predicted octanol–water partition coefficient (Wildman–Crippen LogP) is -0.375. The van der Waals surface area contributed by atoms with Gasteiger partial charge in [-0.3, -0.25) is 58.0 Å². The van der Waals surface area contributed by atoms with Crippen LogP contribution in [0.1, 0.15) is 176 Å². The Morgan fingerprint density at radius 1 is 0.532 bits per heavy atom. The van der Waals surface area contributed by atoms with Crippen LogP contribution in [0.3, 0.4) is 0 Å². The monoisotopic (exact) mass is 1250 g/mol. The maximum Gasteiger partial charge on any atom is 1.00 e. The molecule has 2 atom stereocenters. The van der Waals surface area contributed by atoms with Crippen LogP contribution in [-0.2, 0) is 66.9 Å². The molecule has 452 valence electrons. The SMILES string of the molecule is CC(C)(C)OC(=O)CBr.CC(C)(C)OC(=O)CN(CC(=O)OC(C)(C)C)CC1CCCCN1CC(=O)OC(C)(C)C.CC(C)(C)OC(=O)CN1CCCCC1CN(CC(=O)O)CC(=O)O.NCC1CCCCC1.O=CO[O-].[H-].[K+].[K+]. The van der Waals surface area contributed by atoms with Crippen LogP contribution in [0.2, 0.25) is 0 Å². The van der Waals surface area contributed by atoms with E-state index < -0.39 is 46.3 Å². The van der Waals surface area contributed by atoms with E-state index in [0.29, 0.717) is 13.1 Å². The Labute approximate surface area is 567 Å². The number of hydrogen-bond acceptors (Lipinski definition) is 20. The zero-order chi connectivity index (χ0) is 59.8. The van der Waals surface area contributed by atoms with Gasteiger partial charge in [0.1, 0.15) is 33.3 Å². The van der Waals surface area contributed by atoms with Crippen molar-refractivity contribution in [3.05, 3.63) is 0 Å². The number of hydrogen-bond donors (Lipinski definition) is 3. The van der Waals surface area contributed by atoms with Crippen molar-refractivity contribution in [3.63, 3.8) is 0 Å². The first-order valence-corrected chi connectivity index (χ1v) is 27.9. The van der Waals surface area contributed by atoms with Crippen molar-refractivity contribution in [1.29, 1.82) is 0 Å². The second-order valence-corrected chi connectivity index (χ2v) is 24.9. The molecule has 2 unspecified atom stereocenters. The fraction of sp³-hybridized carbons (Fsp3) is 0.852. The number of esters is 5. The summed E-state index contributed by atoms with van der Waals surface area (Å²) in [7, 11) is 0. The smallest absolute Gasteiger partial charge is 1.00 e. The largest absolute Gasteiger partial charge is 1.00 e. The minimum Gasteiger partial charge on any atom is -1.00 e. The van der Waals surface area contributed by atoms with Crippen LogP contribution in [0.25, 0.3) is 0 Å². The molecule has 22 nitrogen and oxygen atoms in total. The summed E-state index contributed by atoms with van der Waals surface area (Å²) in [6.07, 6.45) is 12.7. The number of carbonyl (C=O) groups is 8. The first-order valence-electron chi connectivity index (χ1n) is 26.7. The van der Waals surface area contributed by atoms with Gasteiger partial charge in [-0.2, -0.15) is 0 Å². The fourth-order valence-corrected chi connectivity index (χ4v) is 8.40. The normalized spacial score (nSPS) is 17.2. The second kappa shape index (κ2) is 43.8. The number of carboxylic acids is 2. The summed E-state index contributed by atoms with van der Waals surface area (Å²) in [4.78, 5) is 100. The molecule has 25 heteroatoms. The number of alkyl halides is 1. The number of ether oxygens (including phenoxy) is 5. The number of rotatable bonds is 19. The minimum absolute atomic E-state index is 0. The van der Waals surface area contributed by atoms with Gasteiger partial charge in [-0.25, -0.2) is 0 Å². The van der Waals surface area contributed by atoms with Crippen LogP contribution >= 0.6 is 15.9 Å². The Morgan fingerprint density at radius 2 is 0.823 bits per heavy atom. The van der Waals surface area contributed by atoms with E-state index in [9.17, 15) is 33.6 Å². The molecule has 2 heterocycles. The van der Waals surface area contributed by atoms with Crippen molar-refractivity contribution < 1.29 is 187 Å². The molecule has 1 aliphatic carbocycles. The third-order valence-corrected chi connectivity index (χ3v) is 11.3. The molecule has 0 spiro atoms. The molecule has 1 saturated carbocycles. The van der Waals surface area contributed by atoms with E-state index in [1.165, 1.54) is 37.0 Å². The van der Waals surface area contributed by atoms with E-state index >= 15 is 0 Å². The summed E-state index contributed by atoms with van der Waals surface area (Å²) < 4.78 is 26.7. The summed E-state index contributed by atoms with van der Waals surface area (Å²) in [6, 6.07) is -0.0221. The average Bonchev–Trinajstić information content (AvgIpc) is 3.25. The van der Waals surface area contributed by atoms with Crippen LogP contribution in [0, 0.1) is 5.92 Å². The molecule has 3 aliphatic rings. The van der Waals surface area contributed by atoms with Gasteiger partial charge < -0.3 is 51.2 Å². The Bertz CT molecular complexity index is 1720. The predicted molar refractivity (Wildman–Crippen MR) is 293 cm³/mol. The van der Waals surface area contributed by atoms with Crippen molar-refractivity contribution >= 4 is 64.2 Å². The molecule has 3 fully saturated rings. The summed E-state index contributed by atoms with van der Waals surface area (Å²) in [5.74, 6) is -2.86. The summed E-state index contributed by atoms with van der Waals surface area (Å²) >= 11 is 2.99. The van der Waals surface area contributed by atoms with E-state index in [4.69, 9.17) is 49.7 Å². The quantitative estimate of drug-likeness (QED) is 0.0283. The third-order valence-electron chi connectivity index (χ3n) is 10.8. The molecule has 0 radical (unpaired) electrons. The zero-order valence-electron chi connectivity index (χ0n) is 52.3. The van der Waals surface area contributed by atoms with Gasteiger partial charge in [-0.1, -0.05) is 48.0 Å². The van der Waals surface area contributed by atoms with Gasteiger partial charge in [0.25, 0.3) is 6.47 Å². The van der Waals surface area contributed by atoms with Crippen molar-refractivity contribution in [1.82, 2.24) is 19.6 Å². The Balaban J connectivity index is -0.000000340. The van der Waals surface area contributed by atoms with Gasteiger partial charge in [0.2, 0.25) is 0 Å². The van der Waals surface area contributed by atoms with Crippen molar-refractivity contribution in [2.75, 3.05) is 77.3 Å². The summed E-state index contributed by atoms with van der Waals surface area (Å²) in [5, 5.41) is 26.6. The maximum absolute atomic E-state index is 12.5. The van der Waals surface area contributed by atoms with Gasteiger partial charge in [-0.05, 0) is 168 Å². The molecular formula is C54H100BrK2N5O17. The molecule has 0 aromatic carbocycles. The molecule has 2 saturated heterocycles. The number of carbonyl (C=O) groups excluding carboxylic acids is 6. The van der Waals surface area contributed by atoms with E-state index in [-0.39, 0.29) is 191 Å². The van der Waals surface area contributed by atoms with E-state index in [1.54, 1.807) is 25.7 Å². The molecule has 2 aliphatic heterocycles. The zero-order valence-corrected chi connectivity index (χ0v) is 59.2. The second-order valence-electron chi connectivity index (χ2n) is 24.4. The number of likely N-dealkylation sites (tertiary alicyclic amines) is 2. The van der Waals surface area contributed by atoms with Gasteiger partial charge in [0, 0.05) is 25.2 Å². The first kappa shape index (κ1) is 84.7. The number of halogens is 1. The van der Waals surface area contributed by atoms with Crippen LogP contribution in [0.5, 0.6) is 0 Å². The van der Waals surface area contributed by atoms with Crippen molar-refractivity contribution in [2.24, 2.45) is 11.7 Å². The minimum atomic E-state index is -1.06. The topological polar surface area (TPSA) is 294 Å². The number of carboxylic acid groups (broad SMARTS) is 2. The fourth-order valence-electron chi connectivity index (χ4n) is 8.28. The van der Waals surface area contributed by atoms with Gasteiger partial charge >= 0.3 is 145 Å². The average molecular weight is 1250 g/mol. The molecule has 0 bridgehead atoms. The van der Waals surface area contributed by atoms with Crippen LogP contribution in [0.4, 0.5) is 0 Å². The molecule has 4 N–H and O–H groups in total. The van der Waals surface area contributed by atoms with Gasteiger partial charge in [0.15, 0.2) is 0 Å². The van der Waals surface area contributed by atoms with E-state index in [2.05, 4.69) is 25.7 Å². The van der Waals surface area contributed by atoms with Gasteiger partial charge in [0.05, 0.1) is 39.3 Å². The van der Waals surface area contributed by atoms with Gasteiger partial charge in [-0.15, -0.1) is 0 Å². The molecule has 79 heavy (non-hydrogen) atoms. The van der Waals surface area contributed by atoms with E-state index in [0.717, 1.165) is 64.1 Å². The number of aliphatic carboxylic acids is 2. The van der Waals surface area contributed by atoms with Crippen LogP contribution in [-0.4, -0.2) is 195 Å². The first-order chi connectivity index (χ1) is 35.3. The third kappa shape index (κ3) is 52.6. The Kier molecular flexibility index (Phi) is 47.0. The molecule has 0 amide bonds. The maximum atomic E-state index is 12.5. The van der Waals surface area contributed by atoms with E-state index in [1.807, 2.05) is 88.0 Å². The van der Waals surface area contributed by atoms with Crippen molar-refractivity contribution in [3.8, 4) is 0 Å².